The van der Waals surface area contributed by atoms with Gasteiger partial charge in [0, 0.05) is 19.7 Å². The van der Waals surface area contributed by atoms with Gasteiger partial charge in [0.25, 0.3) is 0 Å². The third kappa shape index (κ3) is 8.54. The summed E-state index contributed by atoms with van der Waals surface area (Å²) in [7, 11) is 2.00. The molecule has 1 rings (SSSR count). The van der Waals surface area contributed by atoms with Crippen LogP contribution in [0.2, 0.25) is 0 Å². The molecule has 118 valence electrons. The van der Waals surface area contributed by atoms with Gasteiger partial charge >= 0.3 is 0 Å². The van der Waals surface area contributed by atoms with Crippen molar-refractivity contribution in [2.24, 2.45) is 0 Å². The number of hydrogen-bond acceptors (Lipinski definition) is 3. The lowest BCUT2D eigenvalue weighted by molar-refractivity contribution is -0.137. The fourth-order valence-corrected chi connectivity index (χ4v) is 2.61. The van der Waals surface area contributed by atoms with Gasteiger partial charge in [-0.2, -0.15) is 0 Å². The second-order valence-electron chi connectivity index (χ2n) is 5.72. The van der Waals surface area contributed by atoms with Crippen LogP contribution in [0.25, 0.3) is 0 Å². The molecule has 0 saturated carbocycles. The van der Waals surface area contributed by atoms with Crippen molar-refractivity contribution in [1.82, 2.24) is 10.2 Å². The number of ether oxygens (including phenoxy) is 1. The zero-order chi connectivity index (χ0) is 14.5. The lowest BCUT2D eigenvalue weighted by Crippen LogP contribution is -2.38. The highest BCUT2D eigenvalue weighted by Gasteiger charge is 2.15. The van der Waals surface area contributed by atoms with Gasteiger partial charge in [-0.25, -0.2) is 0 Å². The van der Waals surface area contributed by atoms with Crippen LogP contribution in [-0.4, -0.2) is 50.7 Å². The Morgan fingerprint density at radius 1 is 1.00 bits per heavy atom. The van der Waals surface area contributed by atoms with Crippen LogP contribution in [0, 0.1) is 0 Å². The monoisotopic (exact) mass is 284 g/mol. The minimum absolute atomic E-state index is 0.178. The first kappa shape index (κ1) is 17.4. The number of amides is 1. The number of nitrogens with zero attached hydrogens (tertiary/aromatic N) is 1. The van der Waals surface area contributed by atoms with Crippen molar-refractivity contribution in [2.75, 3.05) is 39.9 Å². The molecule has 0 aromatic heterocycles. The fraction of sp³-hybridized carbons (Fsp3) is 0.938. The Morgan fingerprint density at radius 2 is 1.65 bits per heavy atom. The summed E-state index contributed by atoms with van der Waals surface area (Å²) >= 11 is 0. The van der Waals surface area contributed by atoms with Crippen molar-refractivity contribution >= 4 is 5.91 Å². The van der Waals surface area contributed by atoms with E-state index < -0.39 is 0 Å². The second kappa shape index (κ2) is 12.2. The second-order valence-corrected chi connectivity index (χ2v) is 5.72. The van der Waals surface area contributed by atoms with Crippen molar-refractivity contribution in [3.63, 3.8) is 0 Å². The summed E-state index contributed by atoms with van der Waals surface area (Å²) in [4.78, 5) is 13.8. The van der Waals surface area contributed by atoms with Crippen LogP contribution in [0.5, 0.6) is 0 Å². The Labute approximate surface area is 124 Å². The van der Waals surface area contributed by atoms with E-state index in [1.807, 2.05) is 11.9 Å². The minimum atomic E-state index is 0.178. The van der Waals surface area contributed by atoms with Gasteiger partial charge in [0.1, 0.15) is 6.61 Å². The topological polar surface area (TPSA) is 41.6 Å². The third-order valence-corrected chi connectivity index (χ3v) is 3.90. The van der Waals surface area contributed by atoms with E-state index in [2.05, 4.69) is 5.32 Å². The highest BCUT2D eigenvalue weighted by Crippen LogP contribution is 2.09. The number of piperidine rings is 1. The molecule has 1 aliphatic rings. The molecule has 1 amide bonds. The lowest BCUT2D eigenvalue weighted by Gasteiger charge is -2.26. The van der Waals surface area contributed by atoms with Gasteiger partial charge in [0.15, 0.2) is 0 Å². The predicted octanol–water partition coefficient (Wildman–Crippen LogP) is 2.58. The van der Waals surface area contributed by atoms with Gasteiger partial charge < -0.3 is 15.0 Å². The van der Waals surface area contributed by atoms with E-state index in [0.29, 0.717) is 0 Å². The highest BCUT2D eigenvalue weighted by atomic mass is 16.5. The van der Waals surface area contributed by atoms with Crippen molar-refractivity contribution in [2.45, 2.75) is 57.8 Å². The molecule has 1 aliphatic heterocycles. The smallest absolute Gasteiger partial charge is 0.248 e. The van der Waals surface area contributed by atoms with Gasteiger partial charge in [-0.1, -0.05) is 25.7 Å². The zero-order valence-corrected chi connectivity index (χ0v) is 13.2. The van der Waals surface area contributed by atoms with E-state index in [1.54, 1.807) is 0 Å². The van der Waals surface area contributed by atoms with Crippen molar-refractivity contribution in [1.29, 1.82) is 0 Å². The predicted molar refractivity (Wildman–Crippen MR) is 82.9 cm³/mol. The molecule has 4 heteroatoms. The number of nitrogens with one attached hydrogen (secondary N) is 1. The summed E-state index contributed by atoms with van der Waals surface area (Å²) in [6.07, 6.45) is 11.1. The van der Waals surface area contributed by atoms with E-state index in [1.165, 1.54) is 38.5 Å². The van der Waals surface area contributed by atoms with E-state index in [9.17, 15) is 4.79 Å². The summed E-state index contributed by atoms with van der Waals surface area (Å²) < 4.78 is 5.49. The molecule has 1 fully saturated rings. The fourth-order valence-electron chi connectivity index (χ4n) is 2.61. The van der Waals surface area contributed by atoms with E-state index in [4.69, 9.17) is 4.74 Å². The molecule has 4 nitrogen and oxygen atoms in total. The van der Waals surface area contributed by atoms with Gasteiger partial charge in [-0.15, -0.1) is 0 Å². The number of likely N-dealkylation sites (tertiary alicyclic amines) is 1. The van der Waals surface area contributed by atoms with Crippen LogP contribution < -0.4 is 5.32 Å². The molecule has 1 saturated heterocycles. The number of rotatable bonds is 11. The maximum absolute atomic E-state index is 11.8. The number of hydrogen-bond donors (Lipinski definition) is 1. The van der Waals surface area contributed by atoms with Crippen LogP contribution in [0.15, 0.2) is 0 Å². The molecule has 0 unspecified atom stereocenters. The molecule has 0 aliphatic carbocycles. The zero-order valence-electron chi connectivity index (χ0n) is 13.2. The van der Waals surface area contributed by atoms with Crippen molar-refractivity contribution < 1.29 is 9.53 Å². The third-order valence-electron chi connectivity index (χ3n) is 3.90. The van der Waals surface area contributed by atoms with Crippen LogP contribution in [0.1, 0.15) is 57.8 Å². The summed E-state index contributed by atoms with van der Waals surface area (Å²) in [6, 6.07) is 0. The molecule has 0 spiro atoms. The van der Waals surface area contributed by atoms with Crippen molar-refractivity contribution in [3.8, 4) is 0 Å². The Hall–Kier alpha value is -0.610. The largest absolute Gasteiger partial charge is 0.372 e. The SMILES string of the molecule is CNCCCCCCCCOCC(=O)N1CCCCC1. The summed E-state index contributed by atoms with van der Waals surface area (Å²) in [5.74, 6) is 0.178. The number of unbranched alkanes of at least 4 members (excludes halogenated alkanes) is 5. The molecular formula is C16H32N2O2. The number of carbonyl (C=O) groups is 1. The molecule has 0 aromatic carbocycles. The summed E-state index contributed by atoms with van der Waals surface area (Å²) in [6.45, 7) is 3.99. The summed E-state index contributed by atoms with van der Waals surface area (Å²) in [5, 5.41) is 3.17. The first-order valence-electron chi connectivity index (χ1n) is 8.34. The van der Waals surface area contributed by atoms with Crippen molar-refractivity contribution in [3.05, 3.63) is 0 Å². The van der Waals surface area contributed by atoms with Gasteiger partial charge in [0.2, 0.25) is 5.91 Å². The average Bonchev–Trinajstić information content (AvgIpc) is 2.50. The Bertz CT molecular complexity index is 241. The van der Waals surface area contributed by atoms with Gasteiger partial charge in [-0.05, 0) is 45.7 Å². The number of carbonyl (C=O) groups excluding carboxylic acids is 1. The van der Waals surface area contributed by atoms with E-state index in [-0.39, 0.29) is 12.5 Å². The maximum Gasteiger partial charge on any atom is 0.248 e. The first-order chi connectivity index (χ1) is 9.84. The molecule has 1 N–H and O–H groups in total. The Balaban J connectivity index is 1.83. The highest BCUT2D eigenvalue weighted by molar-refractivity contribution is 5.77. The Morgan fingerprint density at radius 3 is 2.35 bits per heavy atom. The van der Waals surface area contributed by atoms with Gasteiger partial charge in [0.05, 0.1) is 0 Å². The minimum Gasteiger partial charge on any atom is -0.372 e. The maximum atomic E-state index is 11.8. The standard InChI is InChI=1S/C16H32N2O2/c1-17-11-7-4-2-3-5-10-14-20-15-16(19)18-12-8-6-9-13-18/h17H,2-15H2,1H3. The molecule has 0 bridgehead atoms. The van der Waals surface area contributed by atoms with Crippen LogP contribution in [0.3, 0.4) is 0 Å². The molecule has 0 radical (unpaired) electrons. The molecular weight excluding hydrogens is 252 g/mol. The van der Waals surface area contributed by atoms with E-state index >= 15 is 0 Å². The molecule has 20 heavy (non-hydrogen) atoms. The van der Waals surface area contributed by atoms with Gasteiger partial charge in [-0.3, -0.25) is 4.79 Å². The van der Waals surface area contributed by atoms with Crippen LogP contribution in [-0.2, 0) is 9.53 Å². The van der Waals surface area contributed by atoms with Crippen LogP contribution >= 0.6 is 0 Å². The molecule has 0 aromatic rings. The Kier molecular flexibility index (Phi) is 10.6. The summed E-state index contributed by atoms with van der Waals surface area (Å²) in [5.41, 5.74) is 0. The van der Waals surface area contributed by atoms with E-state index in [0.717, 1.165) is 45.5 Å². The quantitative estimate of drug-likeness (QED) is 0.593. The molecule has 1 heterocycles. The molecule has 0 atom stereocenters. The first-order valence-corrected chi connectivity index (χ1v) is 8.34. The average molecular weight is 284 g/mol. The lowest BCUT2D eigenvalue weighted by atomic mass is 10.1. The van der Waals surface area contributed by atoms with Crippen LogP contribution in [0.4, 0.5) is 0 Å². The normalized spacial score (nSPS) is 15.6.